The molecule has 0 aromatic carbocycles. The number of rotatable bonds is 35. The van der Waals surface area contributed by atoms with Gasteiger partial charge in [0.2, 0.25) is 0 Å². The molecule has 0 saturated carbocycles. The lowest BCUT2D eigenvalue weighted by Crippen LogP contribution is -1.85. The fourth-order valence-corrected chi connectivity index (χ4v) is 6.48. The zero-order valence-electron chi connectivity index (χ0n) is 26.3. The Kier molecular flexibility index (Phi) is 38.7. The molecule has 2 heteroatoms. The Morgan fingerprint density at radius 1 is 0.211 bits per heavy atom. The summed E-state index contributed by atoms with van der Waals surface area (Å²) in [7, 11) is 0. The zero-order valence-corrected chi connectivity index (χ0v) is 28.8. The Balaban J connectivity index is 3.01. The van der Waals surface area contributed by atoms with E-state index >= 15 is 0 Å². The average molecular weight is 618 g/mol. The number of halogens is 1. The molecule has 230 valence electrons. The summed E-state index contributed by atoms with van der Waals surface area (Å²) < 4.78 is 0. The third kappa shape index (κ3) is 36.8. The Morgan fingerprint density at radius 2 is 0.342 bits per heavy atom. The van der Waals surface area contributed by atoms with Gasteiger partial charge in [-0.25, -0.2) is 0 Å². The van der Waals surface area contributed by atoms with Gasteiger partial charge in [0.25, 0.3) is 0 Å². The largest absolute Gasteiger partial charge is 0.179 e. The van der Waals surface area contributed by atoms with Gasteiger partial charge in [-0.05, 0) is 18.6 Å². The first kappa shape index (κ1) is 38.8. The summed E-state index contributed by atoms with van der Waals surface area (Å²) in [6.07, 6.45) is 49.9. The van der Waals surface area contributed by atoms with Gasteiger partial charge in [-0.15, -0.1) is 0 Å². The average Bonchev–Trinajstić information content (AvgIpc) is 2.93. The summed E-state index contributed by atoms with van der Waals surface area (Å²) in [6, 6.07) is 0. The molecule has 0 aliphatic heterocycles. The quantitative estimate of drug-likeness (QED) is 0.0408. The molecule has 0 saturated heterocycles. The van der Waals surface area contributed by atoms with Crippen LogP contribution in [0.2, 0.25) is 0 Å². The van der Waals surface area contributed by atoms with E-state index in [1.807, 2.05) is 0 Å². The van der Waals surface area contributed by atoms with Crippen molar-refractivity contribution in [3.63, 3.8) is 0 Å². The highest BCUT2D eigenvalue weighted by Crippen LogP contribution is 2.17. The minimum atomic E-state index is 1.07. The molecule has 0 heterocycles. The topological polar surface area (TPSA) is 0 Å². The SMILES string of the molecule is SCCCCCCCCCCCCCCCCCCCCCCCCCCCCCCCCCCCCBr. The van der Waals surface area contributed by atoms with Crippen LogP contribution in [0.15, 0.2) is 0 Å². The van der Waals surface area contributed by atoms with E-state index in [9.17, 15) is 0 Å². The molecule has 0 fully saturated rings. The molecular weight excluding hydrogens is 544 g/mol. The zero-order chi connectivity index (χ0) is 27.5. The first-order valence-corrected chi connectivity index (χ1v) is 19.8. The fourth-order valence-electron chi connectivity index (χ4n) is 5.86. The minimum Gasteiger partial charge on any atom is -0.179 e. The Bertz CT molecular complexity index is 350. The second kappa shape index (κ2) is 37.8. The number of hydrogen-bond acceptors (Lipinski definition) is 1. The molecule has 38 heavy (non-hydrogen) atoms. The van der Waals surface area contributed by atoms with Crippen LogP contribution >= 0.6 is 28.6 Å². The van der Waals surface area contributed by atoms with E-state index in [1.54, 1.807) is 0 Å². The molecule has 0 aliphatic rings. The lowest BCUT2D eigenvalue weighted by Gasteiger charge is -2.05. The Hall–Kier alpha value is 0.830. The Morgan fingerprint density at radius 3 is 0.474 bits per heavy atom. The van der Waals surface area contributed by atoms with Crippen LogP contribution in [0, 0.1) is 0 Å². The lowest BCUT2D eigenvalue weighted by atomic mass is 10.0. The molecular formula is C36H73BrS. The van der Waals surface area contributed by atoms with Crippen LogP contribution in [0.4, 0.5) is 0 Å². The summed E-state index contributed by atoms with van der Waals surface area (Å²) in [4.78, 5) is 0. The van der Waals surface area contributed by atoms with Gasteiger partial charge >= 0.3 is 0 Å². The van der Waals surface area contributed by atoms with Crippen LogP contribution < -0.4 is 0 Å². The molecule has 0 amide bonds. The van der Waals surface area contributed by atoms with Crippen LogP contribution in [0.1, 0.15) is 218 Å². The third-order valence-corrected chi connectivity index (χ3v) is 9.42. The van der Waals surface area contributed by atoms with Gasteiger partial charge in [0.05, 0.1) is 0 Å². The molecule has 0 N–H and O–H groups in total. The van der Waals surface area contributed by atoms with Crippen molar-refractivity contribution in [2.45, 2.75) is 218 Å². The number of unbranched alkanes of at least 4 members (excludes halogenated alkanes) is 33. The highest BCUT2D eigenvalue weighted by Gasteiger charge is 1.97. The fraction of sp³-hybridized carbons (Fsp3) is 1.00. The lowest BCUT2D eigenvalue weighted by molar-refractivity contribution is 0.511. The minimum absolute atomic E-state index is 1.07. The molecule has 0 unspecified atom stereocenters. The van der Waals surface area contributed by atoms with E-state index in [2.05, 4.69) is 28.6 Å². The van der Waals surface area contributed by atoms with Crippen LogP contribution in [0.25, 0.3) is 0 Å². The van der Waals surface area contributed by atoms with Crippen molar-refractivity contribution in [3.8, 4) is 0 Å². The predicted molar refractivity (Wildman–Crippen MR) is 185 cm³/mol. The van der Waals surface area contributed by atoms with Crippen molar-refractivity contribution >= 4 is 28.6 Å². The molecule has 0 aromatic heterocycles. The van der Waals surface area contributed by atoms with Crippen molar-refractivity contribution in [3.05, 3.63) is 0 Å². The third-order valence-electron chi connectivity index (χ3n) is 8.54. The van der Waals surface area contributed by atoms with E-state index in [0.717, 1.165) is 5.75 Å². The van der Waals surface area contributed by atoms with Crippen molar-refractivity contribution in [2.75, 3.05) is 11.1 Å². The van der Waals surface area contributed by atoms with E-state index in [1.165, 1.54) is 224 Å². The van der Waals surface area contributed by atoms with Gasteiger partial charge in [0, 0.05) is 5.33 Å². The van der Waals surface area contributed by atoms with Crippen LogP contribution in [0.5, 0.6) is 0 Å². The normalized spacial score (nSPS) is 11.5. The summed E-state index contributed by atoms with van der Waals surface area (Å²) >= 11 is 7.81. The maximum Gasteiger partial charge on any atom is 0.00313 e. The summed E-state index contributed by atoms with van der Waals surface area (Å²) in [5.74, 6) is 1.07. The molecule has 0 atom stereocenters. The van der Waals surface area contributed by atoms with Gasteiger partial charge in [0.15, 0.2) is 0 Å². The van der Waals surface area contributed by atoms with E-state index in [-0.39, 0.29) is 0 Å². The van der Waals surface area contributed by atoms with Gasteiger partial charge in [-0.3, -0.25) is 0 Å². The molecule has 0 nitrogen and oxygen atoms in total. The number of hydrogen-bond donors (Lipinski definition) is 1. The van der Waals surface area contributed by atoms with Gasteiger partial charge < -0.3 is 0 Å². The van der Waals surface area contributed by atoms with Crippen molar-refractivity contribution in [2.24, 2.45) is 0 Å². The summed E-state index contributed by atoms with van der Waals surface area (Å²) in [6.45, 7) is 0. The second-order valence-corrected chi connectivity index (χ2v) is 13.7. The second-order valence-electron chi connectivity index (χ2n) is 12.4. The maximum absolute atomic E-state index is 4.29. The van der Waals surface area contributed by atoms with Gasteiger partial charge in [-0.1, -0.05) is 221 Å². The number of alkyl halides is 1. The van der Waals surface area contributed by atoms with Crippen molar-refractivity contribution in [1.29, 1.82) is 0 Å². The molecule has 0 radical (unpaired) electrons. The van der Waals surface area contributed by atoms with E-state index < -0.39 is 0 Å². The highest BCUT2D eigenvalue weighted by atomic mass is 79.9. The first-order valence-electron chi connectivity index (χ1n) is 18.1. The predicted octanol–water partition coefficient (Wildman–Crippen LogP) is 14.6. The smallest absolute Gasteiger partial charge is 0.00313 e. The monoisotopic (exact) mass is 616 g/mol. The molecule has 0 rings (SSSR count). The summed E-state index contributed by atoms with van der Waals surface area (Å²) in [5, 5.41) is 1.19. The standard InChI is InChI=1S/C36H73BrS/c37-35-33-31-29-27-25-23-21-19-17-15-13-11-9-7-5-3-1-2-4-6-8-10-12-14-16-18-20-22-24-26-28-30-32-34-36-38/h38H,1-36H2. The van der Waals surface area contributed by atoms with E-state index in [0.29, 0.717) is 0 Å². The van der Waals surface area contributed by atoms with Gasteiger partial charge in [-0.2, -0.15) is 12.6 Å². The van der Waals surface area contributed by atoms with Crippen molar-refractivity contribution in [1.82, 2.24) is 0 Å². The Labute approximate surface area is 257 Å². The van der Waals surface area contributed by atoms with Crippen LogP contribution in [0.3, 0.4) is 0 Å². The first-order chi connectivity index (χ1) is 18.9. The van der Waals surface area contributed by atoms with Crippen molar-refractivity contribution < 1.29 is 0 Å². The molecule has 0 aromatic rings. The van der Waals surface area contributed by atoms with E-state index in [4.69, 9.17) is 0 Å². The molecule has 0 aliphatic carbocycles. The maximum atomic E-state index is 4.29. The van der Waals surface area contributed by atoms with Crippen LogP contribution in [-0.2, 0) is 0 Å². The molecule has 0 bridgehead atoms. The summed E-state index contributed by atoms with van der Waals surface area (Å²) in [5.41, 5.74) is 0. The highest BCUT2D eigenvalue weighted by molar-refractivity contribution is 9.09. The van der Waals surface area contributed by atoms with Crippen LogP contribution in [-0.4, -0.2) is 11.1 Å². The number of thiol groups is 1. The molecule has 0 spiro atoms. The van der Waals surface area contributed by atoms with Gasteiger partial charge in [0.1, 0.15) is 0 Å².